The largest absolute Gasteiger partial charge is 0.345 e. The number of nitrogens with one attached hydrogen (secondary N) is 1. The Bertz CT molecular complexity index is 1010. The molecule has 1 atom stereocenters. The first-order valence-electron chi connectivity index (χ1n) is 8.77. The van der Waals surface area contributed by atoms with Gasteiger partial charge in [-0.25, -0.2) is 0 Å². The fraction of sp³-hybridized carbons (Fsp3) is 0.250. The number of benzene rings is 2. The second-order valence-corrected chi connectivity index (χ2v) is 8.66. The Morgan fingerprint density at radius 2 is 1.96 bits per heavy atom. The molecule has 0 spiro atoms. The SMILES string of the molecule is CN(C)C(=O)c1ccc(Cl)c(NC(=O)C23CCC(=O)N2c2ccccc2S3)c1. The number of anilines is 2. The Labute approximate surface area is 171 Å². The van der Waals surface area contributed by atoms with Crippen LogP contribution >= 0.6 is 23.4 Å². The number of rotatable bonds is 3. The van der Waals surface area contributed by atoms with Gasteiger partial charge in [0.05, 0.1) is 16.4 Å². The number of thioether (sulfide) groups is 1. The van der Waals surface area contributed by atoms with Gasteiger partial charge < -0.3 is 10.2 Å². The maximum absolute atomic E-state index is 13.3. The van der Waals surface area contributed by atoms with Crippen molar-refractivity contribution < 1.29 is 14.4 Å². The Hall–Kier alpha value is -2.51. The Kier molecular flexibility index (Phi) is 4.59. The van der Waals surface area contributed by atoms with Crippen LogP contribution in [0.3, 0.4) is 0 Å². The quantitative estimate of drug-likeness (QED) is 0.831. The van der Waals surface area contributed by atoms with Crippen LogP contribution in [0.5, 0.6) is 0 Å². The molecule has 2 aromatic carbocycles. The van der Waals surface area contributed by atoms with E-state index in [1.807, 2.05) is 24.3 Å². The molecule has 1 unspecified atom stereocenters. The molecule has 2 aromatic rings. The smallest absolute Gasteiger partial charge is 0.261 e. The molecular weight excluding hydrogens is 398 g/mol. The van der Waals surface area contributed by atoms with Crippen molar-refractivity contribution >= 4 is 52.5 Å². The molecule has 0 aliphatic carbocycles. The molecule has 8 heteroatoms. The molecule has 1 N–H and O–H groups in total. The van der Waals surface area contributed by atoms with Crippen LogP contribution < -0.4 is 10.2 Å². The van der Waals surface area contributed by atoms with E-state index in [9.17, 15) is 14.4 Å². The molecule has 0 aromatic heterocycles. The van der Waals surface area contributed by atoms with E-state index in [0.29, 0.717) is 29.1 Å². The molecule has 4 rings (SSSR count). The summed E-state index contributed by atoms with van der Waals surface area (Å²) in [5.74, 6) is -0.586. The van der Waals surface area contributed by atoms with Gasteiger partial charge in [-0.1, -0.05) is 35.5 Å². The molecule has 3 amide bonds. The summed E-state index contributed by atoms with van der Waals surface area (Å²) in [6.07, 6.45) is 0.715. The summed E-state index contributed by atoms with van der Waals surface area (Å²) in [6, 6.07) is 12.3. The second-order valence-electron chi connectivity index (χ2n) is 6.93. The number of carbonyl (C=O) groups excluding carboxylic acids is 3. The highest BCUT2D eigenvalue weighted by atomic mass is 35.5. The van der Waals surface area contributed by atoms with Gasteiger partial charge >= 0.3 is 0 Å². The topological polar surface area (TPSA) is 69.7 Å². The lowest BCUT2D eigenvalue weighted by Crippen LogP contribution is -2.49. The zero-order valence-electron chi connectivity index (χ0n) is 15.4. The monoisotopic (exact) mass is 415 g/mol. The number of para-hydroxylation sites is 1. The van der Waals surface area contributed by atoms with Crippen molar-refractivity contribution in [2.24, 2.45) is 0 Å². The van der Waals surface area contributed by atoms with Crippen molar-refractivity contribution in [3.8, 4) is 0 Å². The molecule has 0 saturated carbocycles. The van der Waals surface area contributed by atoms with Gasteiger partial charge in [0.25, 0.3) is 11.8 Å². The van der Waals surface area contributed by atoms with Crippen LogP contribution in [-0.4, -0.2) is 41.6 Å². The van der Waals surface area contributed by atoms with Gasteiger partial charge in [0.15, 0.2) is 4.87 Å². The van der Waals surface area contributed by atoms with E-state index in [1.54, 1.807) is 37.2 Å². The van der Waals surface area contributed by atoms with Gasteiger partial charge in [-0.05, 0) is 36.8 Å². The van der Waals surface area contributed by atoms with E-state index in [4.69, 9.17) is 11.6 Å². The summed E-state index contributed by atoms with van der Waals surface area (Å²) >= 11 is 7.64. The zero-order chi connectivity index (χ0) is 20.1. The van der Waals surface area contributed by atoms with Crippen LogP contribution in [0.2, 0.25) is 5.02 Å². The summed E-state index contributed by atoms with van der Waals surface area (Å²) in [4.78, 5) is 41.0. The first-order valence-corrected chi connectivity index (χ1v) is 9.97. The van der Waals surface area contributed by atoms with Crippen LogP contribution in [0.1, 0.15) is 23.2 Å². The molecule has 0 radical (unpaired) electrons. The number of nitrogens with zero attached hydrogens (tertiary/aromatic N) is 2. The van der Waals surface area contributed by atoms with Gasteiger partial charge in [-0.2, -0.15) is 0 Å². The number of fused-ring (bicyclic) bond motifs is 3. The molecule has 28 heavy (non-hydrogen) atoms. The minimum Gasteiger partial charge on any atom is -0.345 e. The van der Waals surface area contributed by atoms with Crippen molar-refractivity contribution in [1.29, 1.82) is 0 Å². The first-order chi connectivity index (χ1) is 13.3. The zero-order valence-corrected chi connectivity index (χ0v) is 16.9. The number of halogens is 1. The van der Waals surface area contributed by atoms with Gasteiger partial charge in [0.2, 0.25) is 5.91 Å². The number of hydrogen-bond donors (Lipinski definition) is 1. The number of amides is 3. The summed E-state index contributed by atoms with van der Waals surface area (Å²) in [7, 11) is 3.31. The Morgan fingerprint density at radius 3 is 2.71 bits per heavy atom. The molecule has 2 heterocycles. The molecule has 2 aliphatic heterocycles. The van der Waals surface area contributed by atoms with E-state index >= 15 is 0 Å². The normalized spacial score (nSPS) is 20.0. The first kappa shape index (κ1) is 18.8. The van der Waals surface area contributed by atoms with Crippen molar-refractivity contribution in [1.82, 2.24) is 4.90 Å². The predicted molar refractivity (Wildman–Crippen MR) is 110 cm³/mol. The minimum atomic E-state index is -1.04. The fourth-order valence-electron chi connectivity index (χ4n) is 3.53. The molecule has 0 bridgehead atoms. The van der Waals surface area contributed by atoms with E-state index < -0.39 is 4.87 Å². The summed E-state index contributed by atoms with van der Waals surface area (Å²) in [6.45, 7) is 0. The number of carbonyl (C=O) groups is 3. The van der Waals surface area contributed by atoms with Crippen LogP contribution in [-0.2, 0) is 9.59 Å². The third kappa shape index (κ3) is 2.86. The molecular formula is C20H18ClN3O3S. The van der Waals surface area contributed by atoms with Gasteiger partial charge in [0.1, 0.15) is 0 Å². The minimum absolute atomic E-state index is 0.0739. The standard InChI is InChI=1S/C20H18ClN3O3S/c1-23(2)18(26)12-7-8-13(21)14(11-12)22-19(27)20-10-9-17(25)24(20)15-5-3-4-6-16(15)28-20/h3-8,11H,9-10H2,1-2H3,(H,22,27). The molecule has 1 saturated heterocycles. The van der Waals surface area contributed by atoms with Crippen molar-refractivity contribution in [3.05, 3.63) is 53.1 Å². The summed E-state index contributed by atoms with van der Waals surface area (Å²) < 4.78 is 0. The highest BCUT2D eigenvalue weighted by Gasteiger charge is 2.57. The van der Waals surface area contributed by atoms with Gasteiger partial charge in [-0.15, -0.1) is 0 Å². The van der Waals surface area contributed by atoms with Gasteiger partial charge in [0, 0.05) is 31.0 Å². The Morgan fingerprint density at radius 1 is 1.21 bits per heavy atom. The van der Waals surface area contributed by atoms with Gasteiger partial charge in [-0.3, -0.25) is 19.3 Å². The predicted octanol–water partition coefficient (Wildman–Crippen LogP) is 3.61. The maximum atomic E-state index is 13.3. The summed E-state index contributed by atoms with van der Waals surface area (Å²) in [5, 5.41) is 3.18. The molecule has 6 nitrogen and oxygen atoms in total. The lowest BCUT2D eigenvalue weighted by atomic mass is 10.1. The average Bonchev–Trinajstić information content (AvgIpc) is 3.18. The fourth-order valence-corrected chi connectivity index (χ4v) is 5.11. The van der Waals surface area contributed by atoms with E-state index in [1.165, 1.54) is 16.7 Å². The molecule has 2 aliphatic rings. The lowest BCUT2D eigenvalue weighted by Gasteiger charge is -2.29. The van der Waals surface area contributed by atoms with E-state index in [2.05, 4.69) is 5.32 Å². The highest BCUT2D eigenvalue weighted by Crippen LogP contribution is 2.56. The van der Waals surface area contributed by atoms with Crippen molar-refractivity contribution in [3.63, 3.8) is 0 Å². The van der Waals surface area contributed by atoms with Crippen molar-refractivity contribution in [2.45, 2.75) is 22.6 Å². The van der Waals surface area contributed by atoms with Crippen LogP contribution in [0.15, 0.2) is 47.4 Å². The molecule has 1 fully saturated rings. The third-order valence-corrected chi connectivity index (χ3v) is 6.70. The second kappa shape index (κ2) is 6.83. The number of hydrogen-bond acceptors (Lipinski definition) is 4. The highest BCUT2D eigenvalue weighted by molar-refractivity contribution is 8.02. The Balaban J connectivity index is 1.67. The van der Waals surface area contributed by atoms with Crippen LogP contribution in [0.4, 0.5) is 11.4 Å². The lowest BCUT2D eigenvalue weighted by molar-refractivity contribution is -0.121. The third-order valence-electron chi connectivity index (χ3n) is 4.90. The van der Waals surface area contributed by atoms with E-state index in [-0.39, 0.29) is 17.7 Å². The van der Waals surface area contributed by atoms with Crippen LogP contribution in [0.25, 0.3) is 0 Å². The van der Waals surface area contributed by atoms with Crippen molar-refractivity contribution in [2.75, 3.05) is 24.3 Å². The van der Waals surface area contributed by atoms with E-state index in [0.717, 1.165) is 10.6 Å². The summed E-state index contributed by atoms with van der Waals surface area (Å²) in [5.41, 5.74) is 1.53. The maximum Gasteiger partial charge on any atom is 0.261 e. The molecule has 144 valence electrons. The van der Waals surface area contributed by atoms with Crippen LogP contribution in [0, 0.1) is 0 Å². The average molecular weight is 416 g/mol.